The van der Waals surface area contributed by atoms with Crippen LogP contribution in [0.25, 0.3) is 12.2 Å². The Labute approximate surface area is 146 Å². The first-order chi connectivity index (χ1) is 12.0. The van der Waals surface area contributed by atoms with E-state index in [1.807, 2.05) is 19.1 Å². The number of rotatable bonds is 6. The van der Waals surface area contributed by atoms with Crippen LogP contribution in [0.15, 0.2) is 39.9 Å². The van der Waals surface area contributed by atoms with Crippen molar-refractivity contribution in [3.05, 3.63) is 64.9 Å². The molecule has 0 atom stereocenters. The second-order valence-electron chi connectivity index (χ2n) is 5.12. The van der Waals surface area contributed by atoms with Crippen molar-refractivity contribution in [2.24, 2.45) is 0 Å². The molecule has 0 saturated heterocycles. The fraction of sp³-hybridized carbons (Fsp3) is 0.118. The van der Waals surface area contributed by atoms with Gasteiger partial charge in [-0.1, -0.05) is 11.8 Å². The van der Waals surface area contributed by atoms with E-state index in [0.717, 1.165) is 35.7 Å². The third-order valence-corrected chi connectivity index (χ3v) is 4.06. The summed E-state index contributed by atoms with van der Waals surface area (Å²) in [6.07, 6.45) is 3.42. The number of hydrogen-bond donors (Lipinski definition) is 1. The number of thioether (sulfide) groups is 1. The Morgan fingerprint density at radius 2 is 2.12 bits per heavy atom. The van der Waals surface area contributed by atoms with Crippen LogP contribution in [0.2, 0.25) is 0 Å². The number of furan rings is 1. The van der Waals surface area contributed by atoms with Gasteiger partial charge < -0.3 is 4.42 Å². The van der Waals surface area contributed by atoms with Gasteiger partial charge in [-0.05, 0) is 49.4 Å². The van der Waals surface area contributed by atoms with Crippen LogP contribution in [0, 0.1) is 18.6 Å². The monoisotopic (exact) mass is 361 g/mol. The van der Waals surface area contributed by atoms with Gasteiger partial charge in [0.05, 0.1) is 11.3 Å². The highest BCUT2D eigenvalue weighted by atomic mass is 32.2. The van der Waals surface area contributed by atoms with Gasteiger partial charge in [-0.3, -0.25) is 9.89 Å². The fourth-order valence-corrected chi connectivity index (χ4v) is 2.71. The Morgan fingerprint density at radius 1 is 1.28 bits per heavy atom. The van der Waals surface area contributed by atoms with Crippen molar-refractivity contribution in [1.29, 1.82) is 0 Å². The van der Waals surface area contributed by atoms with Gasteiger partial charge >= 0.3 is 0 Å². The van der Waals surface area contributed by atoms with Crippen molar-refractivity contribution in [2.75, 3.05) is 5.75 Å². The summed E-state index contributed by atoms with van der Waals surface area (Å²) < 4.78 is 32.1. The number of hydrogen-bond acceptors (Lipinski definition) is 5. The molecule has 1 aromatic carbocycles. The largest absolute Gasteiger partial charge is 0.462 e. The normalized spacial score (nSPS) is 11.3. The number of benzene rings is 1. The molecule has 0 aliphatic heterocycles. The van der Waals surface area contributed by atoms with Crippen molar-refractivity contribution in [3.63, 3.8) is 0 Å². The van der Waals surface area contributed by atoms with Crippen LogP contribution < -0.4 is 0 Å². The number of nitrogens with one attached hydrogen (secondary N) is 1. The maximum absolute atomic E-state index is 13.6. The zero-order valence-electron chi connectivity index (χ0n) is 13.1. The number of aromatic amines is 1. The predicted octanol–water partition coefficient (Wildman–Crippen LogP) is 4.13. The number of halogens is 2. The van der Waals surface area contributed by atoms with Crippen molar-refractivity contribution in [3.8, 4) is 0 Å². The Kier molecular flexibility index (Phi) is 5.08. The first-order valence-corrected chi connectivity index (χ1v) is 8.28. The number of ketones is 1. The van der Waals surface area contributed by atoms with E-state index in [9.17, 15) is 13.6 Å². The number of carbonyl (C=O) groups excluding carboxylic acids is 1. The van der Waals surface area contributed by atoms with E-state index in [4.69, 9.17) is 4.42 Å². The van der Waals surface area contributed by atoms with Crippen molar-refractivity contribution in [2.45, 2.75) is 12.1 Å². The lowest BCUT2D eigenvalue weighted by Gasteiger charge is -2.01. The molecule has 2 heterocycles. The minimum absolute atomic E-state index is 0.0985. The summed E-state index contributed by atoms with van der Waals surface area (Å²) in [4.78, 5) is 16.2. The highest BCUT2D eigenvalue weighted by molar-refractivity contribution is 7.99. The second-order valence-corrected chi connectivity index (χ2v) is 6.06. The lowest BCUT2D eigenvalue weighted by molar-refractivity contribution is 0.101. The number of H-pyrrole nitrogens is 1. The molecular weight excluding hydrogens is 348 g/mol. The Hall–Kier alpha value is -2.74. The van der Waals surface area contributed by atoms with E-state index in [-0.39, 0.29) is 11.3 Å². The summed E-state index contributed by atoms with van der Waals surface area (Å²) in [5.74, 6) is -0.0708. The van der Waals surface area contributed by atoms with Crippen LogP contribution in [0.4, 0.5) is 8.78 Å². The molecule has 128 valence electrons. The maximum Gasteiger partial charge on any atom is 0.209 e. The van der Waals surface area contributed by atoms with Crippen LogP contribution in [-0.4, -0.2) is 26.7 Å². The third-order valence-electron chi connectivity index (χ3n) is 3.21. The van der Waals surface area contributed by atoms with E-state index < -0.39 is 17.4 Å². The smallest absolute Gasteiger partial charge is 0.209 e. The van der Waals surface area contributed by atoms with Gasteiger partial charge in [-0.25, -0.2) is 13.8 Å². The molecule has 0 unspecified atom stereocenters. The zero-order valence-corrected chi connectivity index (χ0v) is 13.9. The van der Waals surface area contributed by atoms with Crippen LogP contribution >= 0.6 is 11.8 Å². The van der Waals surface area contributed by atoms with Gasteiger partial charge in [-0.15, -0.1) is 5.10 Å². The van der Waals surface area contributed by atoms with Crippen molar-refractivity contribution >= 4 is 29.7 Å². The maximum atomic E-state index is 13.6. The molecule has 2 aromatic heterocycles. The van der Waals surface area contributed by atoms with Gasteiger partial charge in [0.15, 0.2) is 5.78 Å². The van der Waals surface area contributed by atoms with E-state index in [2.05, 4.69) is 15.2 Å². The Morgan fingerprint density at radius 3 is 2.88 bits per heavy atom. The Balaban J connectivity index is 1.61. The number of Topliss-reactive ketones (excluding diaryl/α,β-unsaturated/α-hetero) is 1. The summed E-state index contributed by atoms with van der Waals surface area (Å²) in [5, 5.41) is 7.01. The van der Waals surface area contributed by atoms with Gasteiger partial charge in [0, 0.05) is 0 Å². The molecule has 0 radical (unpaired) electrons. The SMILES string of the molecule is Cc1ccc(/C=C/c2nc(SCC(=O)c3cc(F)ccc3F)n[nH]2)o1. The van der Waals surface area contributed by atoms with Gasteiger partial charge in [0.1, 0.15) is 29.0 Å². The van der Waals surface area contributed by atoms with Gasteiger partial charge in [-0.2, -0.15) is 0 Å². The summed E-state index contributed by atoms with van der Waals surface area (Å²) in [5.41, 5.74) is -0.281. The van der Waals surface area contributed by atoms with Crippen molar-refractivity contribution in [1.82, 2.24) is 15.2 Å². The van der Waals surface area contributed by atoms with E-state index in [1.165, 1.54) is 0 Å². The first kappa shape index (κ1) is 17.1. The van der Waals surface area contributed by atoms with Crippen LogP contribution in [0.1, 0.15) is 27.7 Å². The standard InChI is InChI=1S/C17H13F2N3O2S/c1-10-2-4-12(24-10)5-7-16-20-17(22-21-16)25-9-15(23)13-8-11(18)3-6-14(13)19/h2-8H,9H2,1H3,(H,20,21,22)/b7-5+. The summed E-state index contributed by atoms with van der Waals surface area (Å²) >= 11 is 1.04. The molecule has 0 saturated carbocycles. The number of carbonyl (C=O) groups is 1. The number of aromatic nitrogens is 3. The minimum atomic E-state index is -0.751. The highest BCUT2D eigenvalue weighted by Crippen LogP contribution is 2.18. The number of aryl methyl sites for hydroxylation is 1. The first-order valence-electron chi connectivity index (χ1n) is 7.29. The molecular formula is C17H13F2N3O2S. The molecule has 0 spiro atoms. The average molecular weight is 361 g/mol. The molecule has 0 aliphatic rings. The summed E-state index contributed by atoms with van der Waals surface area (Å²) in [6.45, 7) is 1.85. The lowest BCUT2D eigenvalue weighted by Crippen LogP contribution is -2.06. The second kappa shape index (κ2) is 7.43. The molecule has 3 rings (SSSR count). The highest BCUT2D eigenvalue weighted by Gasteiger charge is 2.14. The van der Waals surface area contributed by atoms with E-state index >= 15 is 0 Å². The topological polar surface area (TPSA) is 71.8 Å². The number of nitrogens with zero attached hydrogens (tertiary/aromatic N) is 2. The lowest BCUT2D eigenvalue weighted by atomic mass is 10.1. The minimum Gasteiger partial charge on any atom is -0.462 e. The fourth-order valence-electron chi connectivity index (χ4n) is 2.02. The van der Waals surface area contributed by atoms with Crippen LogP contribution in [0.5, 0.6) is 0 Å². The third kappa shape index (κ3) is 4.42. The van der Waals surface area contributed by atoms with E-state index in [1.54, 1.807) is 12.2 Å². The molecule has 0 fully saturated rings. The van der Waals surface area contributed by atoms with Crippen molar-refractivity contribution < 1.29 is 18.0 Å². The molecule has 3 aromatic rings. The van der Waals surface area contributed by atoms with Crippen LogP contribution in [0.3, 0.4) is 0 Å². The molecule has 25 heavy (non-hydrogen) atoms. The molecule has 0 bridgehead atoms. The van der Waals surface area contributed by atoms with E-state index in [0.29, 0.717) is 16.7 Å². The molecule has 0 amide bonds. The molecule has 5 nitrogen and oxygen atoms in total. The summed E-state index contributed by atoms with van der Waals surface area (Å²) in [7, 11) is 0. The quantitative estimate of drug-likeness (QED) is 0.528. The average Bonchev–Trinajstić information content (AvgIpc) is 3.21. The zero-order chi connectivity index (χ0) is 17.8. The Bertz CT molecular complexity index is 934. The molecule has 0 aliphatic carbocycles. The van der Waals surface area contributed by atoms with Gasteiger partial charge in [0.25, 0.3) is 0 Å². The van der Waals surface area contributed by atoms with Gasteiger partial charge in [0.2, 0.25) is 5.16 Å². The van der Waals surface area contributed by atoms with Crippen LogP contribution in [-0.2, 0) is 0 Å². The predicted molar refractivity (Wildman–Crippen MR) is 90.2 cm³/mol. The molecule has 1 N–H and O–H groups in total. The summed E-state index contributed by atoms with van der Waals surface area (Å²) in [6, 6.07) is 6.45. The molecule has 8 heteroatoms.